The van der Waals surface area contributed by atoms with Gasteiger partial charge in [-0.2, -0.15) is 0 Å². The first-order valence-electron chi connectivity index (χ1n) is 4.94. The number of benzene rings is 1. The maximum Gasteiger partial charge on any atom is 0.341 e. The fourth-order valence-corrected chi connectivity index (χ4v) is 1.78. The average molecular weight is 363 g/mol. The van der Waals surface area contributed by atoms with Crippen LogP contribution in [0, 0.1) is 9.39 Å². The van der Waals surface area contributed by atoms with Crippen LogP contribution in [0.15, 0.2) is 30.0 Å². The van der Waals surface area contributed by atoms with E-state index in [1.807, 2.05) is 22.6 Å². The minimum Gasteiger partial charge on any atom is -0.477 e. The number of carboxylic acid groups (broad SMARTS) is 1. The fraction of sp³-hybridized carbons (Fsp3) is 0.167. The zero-order valence-electron chi connectivity index (χ0n) is 9.78. The Morgan fingerprint density at radius 2 is 2.00 bits per heavy atom. The molecule has 1 N–H and O–H groups in total. The molecule has 1 rings (SSSR count). The molecule has 0 bridgehead atoms. The van der Waals surface area contributed by atoms with E-state index in [1.54, 1.807) is 14.1 Å². The standard InChI is InChI=1S/C12H11FINO3/c1-15(2)6-9(12(17)18)11(16)8-5-7(14)3-4-10(8)13/h3-6H,1-2H3,(H,17,18)/b9-6+. The quantitative estimate of drug-likeness (QED) is 0.293. The molecule has 0 unspecified atom stereocenters. The van der Waals surface area contributed by atoms with Gasteiger partial charge in [0.15, 0.2) is 0 Å². The van der Waals surface area contributed by atoms with Crippen LogP contribution in [0.4, 0.5) is 4.39 Å². The van der Waals surface area contributed by atoms with Crippen molar-refractivity contribution in [3.05, 3.63) is 44.9 Å². The summed E-state index contributed by atoms with van der Waals surface area (Å²) in [5, 5.41) is 8.97. The van der Waals surface area contributed by atoms with Crippen molar-refractivity contribution in [3.63, 3.8) is 0 Å². The van der Waals surface area contributed by atoms with Gasteiger partial charge in [-0.1, -0.05) is 0 Å². The zero-order valence-corrected chi connectivity index (χ0v) is 11.9. The van der Waals surface area contributed by atoms with Crippen LogP contribution in [0.5, 0.6) is 0 Å². The number of hydrogen-bond donors (Lipinski definition) is 1. The summed E-state index contributed by atoms with van der Waals surface area (Å²) in [6.07, 6.45) is 1.16. The van der Waals surface area contributed by atoms with Crippen LogP contribution in [-0.2, 0) is 4.79 Å². The lowest BCUT2D eigenvalue weighted by molar-refractivity contribution is -0.132. The summed E-state index contributed by atoms with van der Waals surface area (Å²) in [7, 11) is 3.17. The van der Waals surface area contributed by atoms with Crippen LogP contribution >= 0.6 is 22.6 Å². The van der Waals surface area contributed by atoms with Gasteiger partial charge in [0.1, 0.15) is 11.4 Å². The van der Waals surface area contributed by atoms with Crippen molar-refractivity contribution >= 4 is 34.3 Å². The number of nitrogens with zero attached hydrogens (tertiary/aromatic N) is 1. The van der Waals surface area contributed by atoms with E-state index < -0.39 is 23.1 Å². The highest BCUT2D eigenvalue weighted by atomic mass is 127. The Hall–Kier alpha value is -1.44. The minimum absolute atomic E-state index is 0.239. The van der Waals surface area contributed by atoms with Gasteiger partial charge in [0.25, 0.3) is 0 Å². The maximum atomic E-state index is 13.5. The van der Waals surface area contributed by atoms with Crippen LogP contribution in [0.2, 0.25) is 0 Å². The maximum absolute atomic E-state index is 13.5. The smallest absolute Gasteiger partial charge is 0.341 e. The van der Waals surface area contributed by atoms with E-state index in [0.717, 1.165) is 12.3 Å². The first-order chi connectivity index (χ1) is 8.32. The Labute approximate surface area is 117 Å². The van der Waals surface area contributed by atoms with Crippen LogP contribution in [0.25, 0.3) is 0 Å². The number of carboxylic acids is 1. The Morgan fingerprint density at radius 3 is 2.50 bits per heavy atom. The van der Waals surface area contributed by atoms with Crippen molar-refractivity contribution in [2.45, 2.75) is 0 Å². The van der Waals surface area contributed by atoms with Gasteiger partial charge in [-0.3, -0.25) is 4.79 Å². The Bertz CT molecular complexity index is 526. The molecule has 0 spiro atoms. The average Bonchev–Trinajstić information content (AvgIpc) is 2.27. The monoisotopic (exact) mass is 363 g/mol. The predicted molar refractivity (Wildman–Crippen MR) is 72.9 cm³/mol. The molecule has 0 heterocycles. The van der Waals surface area contributed by atoms with Gasteiger partial charge in [-0.05, 0) is 40.8 Å². The molecule has 0 fully saturated rings. The van der Waals surface area contributed by atoms with Crippen LogP contribution in [0.3, 0.4) is 0 Å². The normalized spacial score (nSPS) is 11.2. The third-order valence-corrected chi connectivity index (χ3v) is 2.71. The van der Waals surface area contributed by atoms with Gasteiger partial charge >= 0.3 is 5.97 Å². The second kappa shape index (κ2) is 5.94. The van der Waals surface area contributed by atoms with Crippen LogP contribution in [-0.4, -0.2) is 35.9 Å². The van der Waals surface area contributed by atoms with Crippen molar-refractivity contribution in [2.75, 3.05) is 14.1 Å². The van der Waals surface area contributed by atoms with Crippen molar-refractivity contribution < 1.29 is 19.1 Å². The molecule has 96 valence electrons. The highest BCUT2D eigenvalue weighted by molar-refractivity contribution is 14.1. The van der Waals surface area contributed by atoms with E-state index in [0.29, 0.717) is 3.57 Å². The van der Waals surface area contributed by atoms with E-state index >= 15 is 0 Å². The van der Waals surface area contributed by atoms with E-state index in [9.17, 15) is 14.0 Å². The summed E-state index contributed by atoms with van der Waals surface area (Å²) in [4.78, 5) is 24.4. The summed E-state index contributed by atoms with van der Waals surface area (Å²) in [5.41, 5.74) is -0.710. The molecule has 0 saturated carbocycles. The summed E-state index contributed by atoms with van der Waals surface area (Å²) < 4.78 is 14.2. The lowest BCUT2D eigenvalue weighted by atomic mass is 10.0. The fourth-order valence-electron chi connectivity index (χ4n) is 1.29. The first kappa shape index (κ1) is 14.6. The van der Waals surface area contributed by atoms with Gasteiger partial charge in [0, 0.05) is 23.9 Å². The lowest BCUT2D eigenvalue weighted by Crippen LogP contribution is -2.17. The summed E-state index contributed by atoms with van der Waals surface area (Å²) in [6, 6.07) is 3.97. The molecule has 4 nitrogen and oxygen atoms in total. The Kier molecular flexibility index (Phi) is 4.83. The highest BCUT2D eigenvalue weighted by Gasteiger charge is 2.22. The molecule has 0 aromatic heterocycles. The highest BCUT2D eigenvalue weighted by Crippen LogP contribution is 2.17. The number of carbonyl (C=O) groups excluding carboxylic acids is 1. The number of Topliss-reactive ketones (excluding diaryl/α,β-unsaturated/α-hetero) is 1. The molecule has 6 heteroatoms. The molecule has 18 heavy (non-hydrogen) atoms. The van der Waals surface area contributed by atoms with E-state index in [2.05, 4.69) is 0 Å². The number of ketones is 1. The third-order valence-electron chi connectivity index (χ3n) is 2.04. The van der Waals surface area contributed by atoms with E-state index in [-0.39, 0.29) is 5.56 Å². The molecule has 0 aliphatic heterocycles. The SMILES string of the molecule is CN(C)/C=C(/C(=O)O)C(=O)c1cc(I)ccc1F. The largest absolute Gasteiger partial charge is 0.477 e. The molecule has 0 radical (unpaired) electrons. The van der Waals surface area contributed by atoms with Gasteiger partial charge in [0.05, 0.1) is 5.56 Å². The molecule has 1 aromatic rings. The van der Waals surface area contributed by atoms with Crippen molar-refractivity contribution in [3.8, 4) is 0 Å². The van der Waals surface area contributed by atoms with E-state index in [4.69, 9.17) is 5.11 Å². The second-order valence-electron chi connectivity index (χ2n) is 3.76. The number of rotatable bonds is 4. The first-order valence-corrected chi connectivity index (χ1v) is 6.02. The summed E-state index contributed by atoms with van der Waals surface area (Å²) in [6.45, 7) is 0. The number of aliphatic carboxylic acids is 1. The lowest BCUT2D eigenvalue weighted by Gasteiger charge is -2.08. The second-order valence-corrected chi connectivity index (χ2v) is 5.01. The number of carbonyl (C=O) groups is 2. The number of hydrogen-bond acceptors (Lipinski definition) is 3. The molecule has 0 atom stereocenters. The molecule has 0 aliphatic carbocycles. The van der Waals surface area contributed by atoms with Crippen LogP contribution in [0.1, 0.15) is 10.4 Å². The molecular weight excluding hydrogens is 352 g/mol. The van der Waals surface area contributed by atoms with E-state index in [1.165, 1.54) is 17.0 Å². The molecule has 0 aliphatic rings. The van der Waals surface area contributed by atoms with Gasteiger partial charge in [-0.15, -0.1) is 0 Å². The Morgan fingerprint density at radius 1 is 1.39 bits per heavy atom. The summed E-state index contributed by atoms with van der Waals surface area (Å²) >= 11 is 1.93. The topological polar surface area (TPSA) is 57.6 Å². The third kappa shape index (κ3) is 3.52. The minimum atomic E-state index is -1.38. The van der Waals surface area contributed by atoms with Crippen molar-refractivity contribution in [2.24, 2.45) is 0 Å². The predicted octanol–water partition coefficient (Wildman–Crippen LogP) is 2.14. The van der Waals surface area contributed by atoms with Crippen molar-refractivity contribution in [1.29, 1.82) is 0 Å². The van der Waals surface area contributed by atoms with Gasteiger partial charge in [-0.25, -0.2) is 9.18 Å². The molecule has 1 aromatic carbocycles. The summed E-state index contributed by atoms with van der Waals surface area (Å²) in [5.74, 6) is -2.95. The molecule has 0 amide bonds. The molecular formula is C12H11FINO3. The van der Waals surface area contributed by atoms with Crippen molar-refractivity contribution in [1.82, 2.24) is 4.90 Å². The molecule has 0 saturated heterocycles. The zero-order chi connectivity index (χ0) is 13.9. The van der Waals surface area contributed by atoms with Crippen LogP contribution < -0.4 is 0 Å². The van der Waals surface area contributed by atoms with Gasteiger partial charge in [0.2, 0.25) is 5.78 Å². The number of halogens is 2. The van der Waals surface area contributed by atoms with Gasteiger partial charge < -0.3 is 10.0 Å². The Balaban J connectivity index is 3.27.